The highest BCUT2D eigenvalue weighted by atomic mass is 32.2. The molecule has 2 heterocycles. The van der Waals surface area contributed by atoms with E-state index in [1.165, 1.54) is 20.0 Å². The fourth-order valence-corrected chi connectivity index (χ4v) is 3.02. The van der Waals surface area contributed by atoms with Crippen LogP contribution in [0.25, 0.3) is 0 Å². The Labute approximate surface area is 92.7 Å². The first-order valence-corrected chi connectivity index (χ1v) is 6.07. The van der Waals surface area contributed by atoms with Gasteiger partial charge >= 0.3 is 0 Å². The topological polar surface area (TPSA) is 109 Å². The first-order chi connectivity index (χ1) is 7.28. The molecule has 0 unspecified atom stereocenters. The summed E-state index contributed by atoms with van der Waals surface area (Å²) < 4.78 is 23.0. The van der Waals surface area contributed by atoms with Gasteiger partial charge in [-0.3, -0.25) is 9.89 Å². The monoisotopic (exact) mass is 244 g/mol. The van der Waals surface area contributed by atoms with Crippen molar-refractivity contribution in [2.45, 2.75) is 25.1 Å². The molecule has 7 nitrogen and oxygen atoms in total. The van der Waals surface area contributed by atoms with E-state index < -0.39 is 20.7 Å². The summed E-state index contributed by atoms with van der Waals surface area (Å²) in [7, 11) is -3.56. The minimum atomic E-state index is -3.56. The molecule has 0 radical (unpaired) electrons. The van der Waals surface area contributed by atoms with Crippen molar-refractivity contribution in [2.75, 3.05) is 5.73 Å². The van der Waals surface area contributed by atoms with E-state index in [2.05, 4.69) is 10.2 Å². The Morgan fingerprint density at radius 2 is 2.19 bits per heavy atom. The van der Waals surface area contributed by atoms with Gasteiger partial charge in [-0.2, -0.15) is 5.10 Å². The number of nitrogens with zero attached hydrogens (tertiary/aromatic N) is 2. The van der Waals surface area contributed by atoms with E-state index >= 15 is 0 Å². The number of carbonyl (C=O) groups excluding carboxylic acids is 1. The number of nitrogen functional groups attached to an aromatic ring is 1. The van der Waals surface area contributed by atoms with Crippen LogP contribution in [0.2, 0.25) is 0 Å². The zero-order valence-electron chi connectivity index (χ0n) is 8.89. The van der Waals surface area contributed by atoms with Crippen molar-refractivity contribution in [3.63, 3.8) is 0 Å². The number of aromatic nitrogens is 2. The summed E-state index contributed by atoms with van der Waals surface area (Å²) >= 11 is 0. The molecule has 1 amide bonds. The summed E-state index contributed by atoms with van der Waals surface area (Å²) in [5, 5.41) is 6.14. The number of rotatable bonds is 2. The maximum Gasteiger partial charge on any atom is 0.259 e. The number of aromatic amines is 1. The van der Waals surface area contributed by atoms with Crippen LogP contribution in [0, 0.1) is 0 Å². The quantitative estimate of drug-likeness (QED) is 0.725. The van der Waals surface area contributed by atoms with Gasteiger partial charge in [0, 0.05) is 5.56 Å². The molecular weight excluding hydrogens is 232 g/mol. The Morgan fingerprint density at radius 1 is 1.56 bits per heavy atom. The number of amides is 1. The Balaban J connectivity index is 2.27. The summed E-state index contributed by atoms with van der Waals surface area (Å²) in [6, 6.07) is 0. The number of anilines is 1. The van der Waals surface area contributed by atoms with Gasteiger partial charge in [-0.15, -0.1) is 0 Å². The van der Waals surface area contributed by atoms with E-state index in [0.29, 0.717) is 5.56 Å². The van der Waals surface area contributed by atoms with Crippen molar-refractivity contribution >= 4 is 21.7 Å². The average molecular weight is 244 g/mol. The summed E-state index contributed by atoms with van der Waals surface area (Å²) in [4.78, 5) is 11.6. The third-order valence-corrected chi connectivity index (χ3v) is 5.08. The van der Waals surface area contributed by atoms with Crippen LogP contribution in [-0.2, 0) is 21.4 Å². The molecule has 1 aliphatic heterocycles. The lowest BCUT2D eigenvalue weighted by Crippen LogP contribution is -2.66. The molecule has 1 aromatic heterocycles. The molecule has 3 N–H and O–H groups in total. The van der Waals surface area contributed by atoms with Crippen molar-refractivity contribution in [1.29, 1.82) is 0 Å². The maximum atomic E-state index is 11.8. The Morgan fingerprint density at radius 3 is 2.62 bits per heavy atom. The molecule has 88 valence electrons. The normalized spacial score (nSPS) is 21.9. The molecule has 1 fully saturated rings. The summed E-state index contributed by atoms with van der Waals surface area (Å²) in [5.41, 5.74) is 6.01. The van der Waals surface area contributed by atoms with Gasteiger partial charge in [0.25, 0.3) is 15.9 Å². The largest absolute Gasteiger partial charge is 0.384 e. The number of H-pyrrole nitrogens is 1. The molecule has 2 rings (SSSR count). The van der Waals surface area contributed by atoms with E-state index in [9.17, 15) is 13.2 Å². The molecule has 8 heteroatoms. The van der Waals surface area contributed by atoms with Crippen LogP contribution in [0.3, 0.4) is 0 Å². The highest BCUT2D eigenvalue weighted by Gasteiger charge is 2.60. The fraction of sp³-hybridized carbons (Fsp3) is 0.500. The molecule has 0 atom stereocenters. The number of hydrogen-bond donors (Lipinski definition) is 2. The van der Waals surface area contributed by atoms with Gasteiger partial charge in [-0.1, -0.05) is 0 Å². The number of hydrogen-bond acceptors (Lipinski definition) is 5. The van der Waals surface area contributed by atoms with E-state index in [1.807, 2.05) is 0 Å². The summed E-state index contributed by atoms with van der Waals surface area (Å²) in [6.07, 6.45) is 1.41. The Kier molecular flexibility index (Phi) is 2.03. The molecule has 0 aliphatic carbocycles. The Hall–Kier alpha value is -1.57. The average Bonchev–Trinajstić information content (AvgIpc) is 2.59. The van der Waals surface area contributed by atoms with Gasteiger partial charge < -0.3 is 5.73 Å². The minimum Gasteiger partial charge on any atom is -0.384 e. The van der Waals surface area contributed by atoms with E-state index in [0.717, 1.165) is 4.31 Å². The van der Waals surface area contributed by atoms with E-state index in [-0.39, 0.29) is 12.4 Å². The van der Waals surface area contributed by atoms with Crippen LogP contribution in [0.5, 0.6) is 0 Å². The molecule has 16 heavy (non-hydrogen) atoms. The SMILES string of the molecule is CC1(C)C(=O)N(Cc2cn[nH]c2N)S1(=O)=O. The zero-order valence-corrected chi connectivity index (χ0v) is 9.71. The van der Waals surface area contributed by atoms with Crippen LogP contribution in [0.4, 0.5) is 5.82 Å². The van der Waals surface area contributed by atoms with Gasteiger partial charge in [0.1, 0.15) is 5.82 Å². The first-order valence-electron chi connectivity index (χ1n) is 4.63. The van der Waals surface area contributed by atoms with E-state index in [4.69, 9.17) is 5.73 Å². The van der Waals surface area contributed by atoms with Gasteiger partial charge in [-0.05, 0) is 13.8 Å². The fourth-order valence-electron chi connectivity index (χ4n) is 1.51. The van der Waals surface area contributed by atoms with Crippen molar-refractivity contribution in [3.8, 4) is 0 Å². The van der Waals surface area contributed by atoms with E-state index in [1.54, 1.807) is 0 Å². The molecular formula is C8H12N4O3S. The predicted octanol–water partition coefficient (Wildman–Crippen LogP) is -0.557. The number of sulfonamides is 1. The molecule has 1 aliphatic rings. The molecule has 0 spiro atoms. The van der Waals surface area contributed by atoms with Gasteiger partial charge in [0.15, 0.2) is 4.75 Å². The third-order valence-electron chi connectivity index (χ3n) is 2.74. The zero-order chi connectivity index (χ0) is 12.1. The molecule has 1 saturated heterocycles. The molecule has 0 aromatic carbocycles. The predicted molar refractivity (Wildman–Crippen MR) is 56.5 cm³/mol. The van der Waals surface area contributed by atoms with Gasteiger partial charge in [0.2, 0.25) is 0 Å². The summed E-state index contributed by atoms with van der Waals surface area (Å²) in [6.45, 7) is 2.71. The lowest BCUT2D eigenvalue weighted by atomic mass is 10.2. The lowest BCUT2D eigenvalue weighted by Gasteiger charge is -2.42. The van der Waals surface area contributed by atoms with Crippen LogP contribution < -0.4 is 5.73 Å². The first kappa shape index (κ1) is 10.9. The second-order valence-electron chi connectivity index (χ2n) is 4.14. The number of nitrogens with one attached hydrogen (secondary N) is 1. The third kappa shape index (κ3) is 1.16. The molecule has 1 aromatic rings. The van der Waals surface area contributed by atoms with Crippen molar-refractivity contribution in [1.82, 2.24) is 14.5 Å². The highest BCUT2D eigenvalue weighted by molar-refractivity contribution is 7.94. The smallest absolute Gasteiger partial charge is 0.259 e. The highest BCUT2D eigenvalue weighted by Crippen LogP contribution is 2.36. The van der Waals surface area contributed by atoms with Crippen LogP contribution in [-0.4, -0.2) is 33.6 Å². The standard InChI is InChI=1S/C8H12N4O3S/c1-8(2)7(13)12(16(8,14)15)4-5-3-10-11-6(5)9/h3H,4H2,1-2H3,(H3,9,10,11). The van der Waals surface area contributed by atoms with Gasteiger partial charge in [0.05, 0.1) is 12.7 Å². The van der Waals surface area contributed by atoms with Crippen molar-refractivity contribution in [2.24, 2.45) is 0 Å². The maximum absolute atomic E-state index is 11.8. The van der Waals surface area contributed by atoms with Crippen LogP contribution >= 0.6 is 0 Å². The number of nitrogens with two attached hydrogens (primary N) is 1. The Bertz CT molecular complexity index is 545. The second-order valence-corrected chi connectivity index (χ2v) is 6.55. The number of carbonyl (C=O) groups is 1. The minimum absolute atomic E-state index is 0.0626. The van der Waals surface area contributed by atoms with Crippen LogP contribution in [0.15, 0.2) is 6.20 Å². The van der Waals surface area contributed by atoms with Crippen molar-refractivity contribution < 1.29 is 13.2 Å². The second kappa shape index (κ2) is 2.97. The van der Waals surface area contributed by atoms with Crippen molar-refractivity contribution in [3.05, 3.63) is 11.8 Å². The molecule has 0 bridgehead atoms. The van der Waals surface area contributed by atoms with Crippen LogP contribution in [0.1, 0.15) is 19.4 Å². The summed E-state index contributed by atoms with van der Waals surface area (Å²) in [5.74, 6) is -0.152. The lowest BCUT2D eigenvalue weighted by molar-refractivity contribution is -0.132. The molecule has 0 saturated carbocycles. The van der Waals surface area contributed by atoms with Gasteiger partial charge in [-0.25, -0.2) is 12.7 Å².